The van der Waals surface area contributed by atoms with Crippen LogP contribution in [0.15, 0.2) is 0 Å². The van der Waals surface area contributed by atoms with Crippen molar-refractivity contribution < 1.29 is 0 Å². The average molecular weight is 190 g/mol. The molecule has 2 heteroatoms. The van der Waals surface area contributed by atoms with Crippen molar-refractivity contribution >= 4 is 0 Å². The SMILES string of the molecule is CC1CCCCCCCC1(C#N)C#N. The van der Waals surface area contributed by atoms with Crippen molar-refractivity contribution in [1.29, 1.82) is 10.5 Å². The Morgan fingerprint density at radius 2 is 1.57 bits per heavy atom. The van der Waals surface area contributed by atoms with Crippen LogP contribution in [0, 0.1) is 34.0 Å². The van der Waals surface area contributed by atoms with E-state index in [9.17, 15) is 0 Å². The van der Waals surface area contributed by atoms with Gasteiger partial charge in [0.2, 0.25) is 0 Å². The van der Waals surface area contributed by atoms with Gasteiger partial charge in [0, 0.05) is 0 Å². The van der Waals surface area contributed by atoms with Gasteiger partial charge in [0.25, 0.3) is 0 Å². The molecule has 1 fully saturated rings. The minimum atomic E-state index is -0.704. The molecule has 0 amide bonds. The molecule has 0 aromatic carbocycles. The summed E-state index contributed by atoms with van der Waals surface area (Å²) < 4.78 is 0. The number of rotatable bonds is 0. The summed E-state index contributed by atoms with van der Waals surface area (Å²) in [7, 11) is 0. The first-order chi connectivity index (χ1) is 6.75. The zero-order valence-corrected chi connectivity index (χ0v) is 8.92. The van der Waals surface area contributed by atoms with Crippen molar-refractivity contribution in [2.45, 2.75) is 51.9 Å². The lowest BCUT2D eigenvalue weighted by molar-refractivity contribution is 0.297. The molecule has 76 valence electrons. The number of hydrogen-bond acceptors (Lipinski definition) is 2. The van der Waals surface area contributed by atoms with Gasteiger partial charge < -0.3 is 0 Å². The van der Waals surface area contributed by atoms with Crippen LogP contribution >= 0.6 is 0 Å². The van der Waals surface area contributed by atoms with E-state index in [1.807, 2.05) is 0 Å². The molecule has 0 bridgehead atoms. The zero-order valence-electron chi connectivity index (χ0n) is 8.92. The van der Waals surface area contributed by atoms with Crippen LogP contribution in [-0.4, -0.2) is 0 Å². The largest absolute Gasteiger partial charge is 0.197 e. The van der Waals surface area contributed by atoms with E-state index in [-0.39, 0.29) is 5.92 Å². The van der Waals surface area contributed by atoms with Crippen molar-refractivity contribution in [3.8, 4) is 12.1 Å². The molecule has 1 rings (SSSR count). The van der Waals surface area contributed by atoms with Gasteiger partial charge in [0.15, 0.2) is 0 Å². The van der Waals surface area contributed by atoms with E-state index >= 15 is 0 Å². The Morgan fingerprint density at radius 1 is 1.00 bits per heavy atom. The molecule has 0 heterocycles. The van der Waals surface area contributed by atoms with Crippen LogP contribution in [0.2, 0.25) is 0 Å². The summed E-state index contributed by atoms with van der Waals surface area (Å²) in [6, 6.07) is 4.50. The third kappa shape index (κ3) is 2.26. The summed E-state index contributed by atoms with van der Waals surface area (Å²) in [6.45, 7) is 2.05. The Morgan fingerprint density at radius 3 is 2.21 bits per heavy atom. The molecule has 1 aliphatic carbocycles. The first-order valence-electron chi connectivity index (χ1n) is 5.58. The maximum atomic E-state index is 9.15. The topological polar surface area (TPSA) is 47.6 Å². The predicted molar refractivity (Wildman–Crippen MR) is 55.1 cm³/mol. The second-order valence-corrected chi connectivity index (χ2v) is 4.40. The van der Waals surface area contributed by atoms with Crippen molar-refractivity contribution in [2.24, 2.45) is 11.3 Å². The lowest BCUT2D eigenvalue weighted by atomic mass is 9.73. The van der Waals surface area contributed by atoms with Crippen LogP contribution < -0.4 is 0 Å². The lowest BCUT2D eigenvalue weighted by Crippen LogP contribution is -2.25. The normalized spacial score (nSPS) is 27.5. The highest BCUT2D eigenvalue weighted by Crippen LogP contribution is 2.37. The van der Waals surface area contributed by atoms with Gasteiger partial charge in [0.05, 0.1) is 12.1 Å². The van der Waals surface area contributed by atoms with Crippen LogP contribution in [-0.2, 0) is 0 Å². The van der Waals surface area contributed by atoms with Crippen molar-refractivity contribution in [1.82, 2.24) is 0 Å². The van der Waals surface area contributed by atoms with Gasteiger partial charge >= 0.3 is 0 Å². The molecule has 0 N–H and O–H groups in total. The number of hydrogen-bond donors (Lipinski definition) is 0. The fraction of sp³-hybridized carbons (Fsp3) is 0.833. The molecule has 0 aliphatic heterocycles. The summed E-state index contributed by atoms with van der Waals surface area (Å²) in [5.74, 6) is 0.232. The molecule has 0 aromatic rings. The predicted octanol–water partition coefficient (Wildman–Crippen LogP) is 3.40. The van der Waals surface area contributed by atoms with Gasteiger partial charge in [-0.1, -0.05) is 39.0 Å². The summed E-state index contributed by atoms with van der Waals surface area (Å²) >= 11 is 0. The van der Waals surface area contributed by atoms with Gasteiger partial charge in [-0.05, 0) is 18.8 Å². The van der Waals surface area contributed by atoms with E-state index in [4.69, 9.17) is 10.5 Å². The fourth-order valence-corrected chi connectivity index (χ4v) is 2.23. The second kappa shape index (κ2) is 5.01. The summed E-state index contributed by atoms with van der Waals surface area (Å²) in [5, 5.41) is 18.3. The third-order valence-corrected chi connectivity index (χ3v) is 3.45. The average Bonchev–Trinajstić information content (AvgIpc) is 2.30. The first-order valence-corrected chi connectivity index (χ1v) is 5.58. The molecular formula is C12H18N2. The standard InChI is InChI=1S/C12H18N2/c1-11-7-5-3-2-4-6-8-12(11,9-13)10-14/h11H,2-8H2,1H3. The minimum Gasteiger partial charge on any atom is -0.197 e. The highest BCUT2D eigenvalue weighted by molar-refractivity contribution is 5.15. The first kappa shape index (κ1) is 11.1. The fourth-order valence-electron chi connectivity index (χ4n) is 2.23. The molecule has 1 aliphatic rings. The minimum absolute atomic E-state index is 0.232. The zero-order chi connectivity index (χ0) is 10.4. The van der Waals surface area contributed by atoms with E-state index in [1.165, 1.54) is 25.7 Å². The maximum Gasteiger partial charge on any atom is 0.146 e. The maximum absolute atomic E-state index is 9.15. The highest BCUT2D eigenvalue weighted by Gasteiger charge is 2.36. The van der Waals surface area contributed by atoms with E-state index < -0.39 is 5.41 Å². The van der Waals surface area contributed by atoms with Gasteiger partial charge in [-0.15, -0.1) is 0 Å². The van der Waals surface area contributed by atoms with Crippen LogP contribution in [0.3, 0.4) is 0 Å². The van der Waals surface area contributed by atoms with Gasteiger partial charge in [0.1, 0.15) is 5.41 Å². The Kier molecular flexibility index (Phi) is 3.96. The van der Waals surface area contributed by atoms with Crippen LogP contribution in [0.4, 0.5) is 0 Å². The van der Waals surface area contributed by atoms with Crippen molar-refractivity contribution in [3.63, 3.8) is 0 Å². The Balaban J connectivity index is 2.77. The summed E-state index contributed by atoms with van der Waals surface area (Å²) in [4.78, 5) is 0. The van der Waals surface area contributed by atoms with Crippen LogP contribution in [0.5, 0.6) is 0 Å². The van der Waals surface area contributed by atoms with E-state index in [1.54, 1.807) is 0 Å². The molecule has 14 heavy (non-hydrogen) atoms. The van der Waals surface area contributed by atoms with Gasteiger partial charge in [-0.25, -0.2) is 0 Å². The molecule has 1 atom stereocenters. The van der Waals surface area contributed by atoms with Crippen molar-refractivity contribution in [3.05, 3.63) is 0 Å². The van der Waals surface area contributed by atoms with Gasteiger partial charge in [-0.3, -0.25) is 0 Å². The second-order valence-electron chi connectivity index (χ2n) is 4.40. The monoisotopic (exact) mass is 190 g/mol. The van der Waals surface area contributed by atoms with Gasteiger partial charge in [-0.2, -0.15) is 10.5 Å². The number of nitrogens with zero attached hydrogens (tertiary/aromatic N) is 2. The lowest BCUT2D eigenvalue weighted by Gasteiger charge is -2.24. The molecule has 1 saturated carbocycles. The quantitative estimate of drug-likeness (QED) is 0.587. The smallest absolute Gasteiger partial charge is 0.146 e. The molecule has 2 nitrogen and oxygen atoms in total. The summed E-state index contributed by atoms with van der Waals surface area (Å²) in [5.41, 5.74) is -0.704. The molecular weight excluding hydrogens is 172 g/mol. The van der Waals surface area contributed by atoms with E-state index in [0.29, 0.717) is 0 Å². The Bertz CT molecular complexity index is 242. The summed E-state index contributed by atoms with van der Waals surface area (Å²) in [6.07, 6.45) is 7.70. The molecule has 0 aromatic heterocycles. The third-order valence-electron chi connectivity index (χ3n) is 3.45. The number of nitriles is 2. The van der Waals surface area contributed by atoms with Crippen LogP contribution in [0.25, 0.3) is 0 Å². The van der Waals surface area contributed by atoms with E-state index in [2.05, 4.69) is 19.1 Å². The van der Waals surface area contributed by atoms with Crippen LogP contribution in [0.1, 0.15) is 51.9 Å². The Labute approximate surface area is 86.5 Å². The Hall–Kier alpha value is -1.02. The van der Waals surface area contributed by atoms with E-state index in [0.717, 1.165) is 19.3 Å². The molecule has 0 saturated heterocycles. The molecule has 0 radical (unpaired) electrons. The highest BCUT2D eigenvalue weighted by atomic mass is 14.4. The molecule has 1 unspecified atom stereocenters. The molecule has 0 spiro atoms. The van der Waals surface area contributed by atoms with Crippen molar-refractivity contribution in [2.75, 3.05) is 0 Å².